The number of anilines is 1. The number of rotatable bonds is 1. The summed E-state index contributed by atoms with van der Waals surface area (Å²) >= 11 is 5.96. The van der Waals surface area contributed by atoms with Crippen LogP contribution in [0.25, 0.3) is 0 Å². The molecule has 6 heteroatoms. The average Bonchev–Trinajstić information content (AvgIpc) is 2.18. The molecule has 0 aliphatic carbocycles. The van der Waals surface area contributed by atoms with Gasteiger partial charge in [-0.25, -0.2) is 0 Å². The zero-order valence-electron chi connectivity index (χ0n) is 9.11. The van der Waals surface area contributed by atoms with E-state index < -0.39 is 0 Å². The van der Waals surface area contributed by atoms with E-state index in [-0.39, 0.29) is 11.9 Å². The minimum Gasteiger partial charge on any atom is -0.370 e. The van der Waals surface area contributed by atoms with Crippen molar-refractivity contribution in [2.75, 3.05) is 5.32 Å². The highest BCUT2D eigenvalue weighted by Crippen LogP contribution is 2.25. The van der Waals surface area contributed by atoms with Gasteiger partial charge in [0, 0.05) is 10.7 Å². The van der Waals surface area contributed by atoms with Crippen molar-refractivity contribution in [2.45, 2.75) is 13.8 Å². The molecule has 0 saturated carbocycles. The molecule has 0 aliphatic heterocycles. The molecule has 1 aromatic carbocycles. The summed E-state index contributed by atoms with van der Waals surface area (Å²) in [4.78, 5) is 0. The Kier molecular flexibility index (Phi) is 3.73. The summed E-state index contributed by atoms with van der Waals surface area (Å²) in [5, 5.41) is 20.3. The summed E-state index contributed by atoms with van der Waals surface area (Å²) < 4.78 is 0. The highest BCUT2D eigenvalue weighted by atomic mass is 35.5. The molecule has 16 heavy (non-hydrogen) atoms. The first-order valence-electron chi connectivity index (χ1n) is 4.64. The fraction of sp³-hybridized carbons (Fsp3) is 0.200. The fourth-order valence-electron chi connectivity index (χ4n) is 1.22. The summed E-state index contributed by atoms with van der Waals surface area (Å²) in [5.74, 6) is -0.321. The summed E-state index contributed by atoms with van der Waals surface area (Å²) in [6.07, 6.45) is 0. The number of hydrogen-bond acceptors (Lipinski definition) is 2. The second kappa shape index (κ2) is 4.85. The lowest BCUT2D eigenvalue weighted by molar-refractivity contribution is 1.20. The van der Waals surface area contributed by atoms with Gasteiger partial charge in [-0.1, -0.05) is 11.6 Å². The van der Waals surface area contributed by atoms with Gasteiger partial charge in [-0.3, -0.25) is 16.1 Å². The van der Waals surface area contributed by atoms with Crippen LogP contribution in [0.2, 0.25) is 5.02 Å². The standard InChI is InChI=1S/C10H14ClN5/c1-5-6(2)8(4-3-7(5)11)15-10(14)16-9(12)13/h3-4H,1-2H3,(H6,12,13,14,15,16). The summed E-state index contributed by atoms with van der Waals surface area (Å²) in [5.41, 5.74) is 7.80. The maximum Gasteiger partial charge on any atom is 0.199 e. The van der Waals surface area contributed by atoms with Crippen LogP contribution in [0.3, 0.4) is 0 Å². The quantitative estimate of drug-likeness (QED) is 0.382. The Morgan fingerprint density at radius 1 is 1.25 bits per heavy atom. The van der Waals surface area contributed by atoms with E-state index in [9.17, 15) is 0 Å². The van der Waals surface area contributed by atoms with Gasteiger partial charge in [-0.05, 0) is 37.1 Å². The van der Waals surface area contributed by atoms with Gasteiger partial charge in [0.1, 0.15) is 0 Å². The predicted octanol–water partition coefficient (Wildman–Crippen LogP) is 1.79. The van der Waals surface area contributed by atoms with Crippen molar-refractivity contribution in [1.29, 1.82) is 10.8 Å². The van der Waals surface area contributed by atoms with Crippen LogP contribution >= 0.6 is 11.6 Å². The second-order valence-corrected chi connectivity index (χ2v) is 3.79. The van der Waals surface area contributed by atoms with E-state index in [0.717, 1.165) is 16.8 Å². The molecule has 0 bridgehead atoms. The molecule has 0 heterocycles. The molecule has 0 unspecified atom stereocenters. The number of benzene rings is 1. The van der Waals surface area contributed by atoms with E-state index in [1.165, 1.54) is 0 Å². The van der Waals surface area contributed by atoms with Gasteiger partial charge in [0.15, 0.2) is 11.9 Å². The molecular weight excluding hydrogens is 226 g/mol. The van der Waals surface area contributed by atoms with Gasteiger partial charge in [-0.15, -0.1) is 0 Å². The maximum absolute atomic E-state index is 7.50. The van der Waals surface area contributed by atoms with E-state index in [2.05, 4.69) is 10.6 Å². The van der Waals surface area contributed by atoms with Crippen molar-refractivity contribution in [1.82, 2.24) is 5.32 Å². The van der Waals surface area contributed by atoms with Gasteiger partial charge >= 0.3 is 0 Å². The van der Waals surface area contributed by atoms with Crippen molar-refractivity contribution in [3.63, 3.8) is 0 Å². The summed E-state index contributed by atoms with van der Waals surface area (Å²) in [6.45, 7) is 3.81. The van der Waals surface area contributed by atoms with Crippen LogP contribution in [0.4, 0.5) is 5.69 Å². The van der Waals surface area contributed by atoms with Crippen LogP contribution in [-0.4, -0.2) is 11.9 Å². The largest absolute Gasteiger partial charge is 0.370 e. The molecular formula is C10H14ClN5. The molecule has 0 fully saturated rings. The highest BCUT2D eigenvalue weighted by Gasteiger charge is 2.06. The smallest absolute Gasteiger partial charge is 0.199 e. The van der Waals surface area contributed by atoms with Gasteiger partial charge in [0.05, 0.1) is 0 Å². The van der Waals surface area contributed by atoms with Crippen molar-refractivity contribution < 1.29 is 0 Å². The number of guanidine groups is 2. The first kappa shape index (κ1) is 12.3. The predicted molar refractivity (Wildman–Crippen MR) is 67.3 cm³/mol. The fourth-order valence-corrected chi connectivity index (χ4v) is 1.43. The molecule has 5 nitrogen and oxygen atoms in total. The Labute approximate surface area is 99.0 Å². The molecule has 0 spiro atoms. The zero-order chi connectivity index (χ0) is 12.3. The minimum atomic E-state index is -0.277. The van der Waals surface area contributed by atoms with E-state index in [4.69, 9.17) is 28.2 Å². The Morgan fingerprint density at radius 3 is 2.44 bits per heavy atom. The third-order valence-electron chi connectivity index (χ3n) is 2.24. The molecule has 0 aliphatic rings. The molecule has 86 valence electrons. The monoisotopic (exact) mass is 239 g/mol. The van der Waals surface area contributed by atoms with E-state index >= 15 is 0 Å². The third-order valence-corrected chi connectivity index (χ3v) is 2.65. The van der Waals surface area contributed by atoms with Crippen LogP contribution < -0.4 is 16.4 Å². The number of hydrogen-bond donors (Lipinski definition) is 5. The first-order valence-corrected chi connectivity index (χ1v) is 5.02. The van der Waals surface area contributed by atoms with E-state index in [1.807, 2.05) is 13.8 Å². The van der Waals surface area contributed by atoms with E-state index in [0.29, 0.717) is 5.02 Å². The summed E-state index contributed by atoms with van der Waals surface area (Å²) in [7, 11) is 0. The third kappa shape index (κ3) is 2.87. The minimum absolute atomic E-state index is 0.0441. The second-order valence-electron chi connectivity index (χ2n) is 3.38. The Hall–Kier alpha value is -1.75. The first-order chi connectivity index (χ1) is 7.41. The van der Waals surface area contributed by atoms with Gasteiger partial charge in [-0.2, -0.15) is 0 Å². The van der Waals surface area contributed by atoms with Crippen LogP contribution in [0.5, 0.6) is 0 Å². The summed E-state index contributed by atoms with van der Waals surface area (Å²) in [6, 6.07) is 3.54. The Morgan fingerprint density at radius 2 is 1.88 bits per heavy atom. The molecule has 0 atom stereocenters. The lowest BCUT2D eigenvalue weighted by atomic mass is 10.1. The average molecular weight is 240 g/mol. The normalized spacial score (nSPS) is 9.69. The van der Waals surface area contributed by atoms with Crippen LogP contribution in [0, 0.1) is 24.7 Å². The van der Waals surface area contributed by atoms with Crippen molar-refractivity contribution >= 4 is 29.2 Å². The Bertz CT molecular complexity index is 441. The maximum atomic E-state index is 7.50. The SMILES string of the molecule is Cc1c(Cl)ccc(NC(=N)NC(=N)N)c1C. The molecule has 0 radical (unpaired) electrons. The molecule has 0 aromatic heterocycles. The van der Waals surface area contributed by atoms with Crippen LogP contribution in [-0.2, 0) is 0 Å². The number of nitrogens with one attached hydrogen (secondary N) is 4. The highest BCUT2D eigenvalue weighted by molar-refractivity contribution is 6.31. The van der Waals surface area contributed by atoms with Crippen LogP contribution in [0.1, 0.15) is 11.1 Å². The zero-order valence-corrected chi connectivity index (χ0v) is 9.87. The van der Waals surface area contributed by atoms with Gasteiger partial charge in [0.25, 0.3) is 0 Å². The molecule has 6 N–H and O–H groups in total. The van der Waals surface area contributed by atoms with Gasteiger partial charge in [0.2, 0.25) is 0 Å². The molecule has 1 aromatic rings. The lowest BCUT2D eigenvalue weighted by Crippen LogP contribution is -2.39. The van der Waals surface area contributed by atoms with E-state index in [1.54, 1.807) is 12.1 Å². The lowest BCUT2D eigenvalue weighted by Gasteiger charge is -2.13. The molecule has 0 saturated heterocycles. The van der Waals surface area contributed by atoms with Crippen molar-refractivity contribution in [3.05, 3.63) is 28.3 Å². The number of halogens is 1. The topological polar surface area (TPSA) is 97.8 Å². The van der Waals surface area contributed by atoms with Crippen molar-refractivity contribution in [3.8, 4) is 0 Å². The van der Waals surface area contributed by atoms with Gasteiger partial charge < -0.3 is 11.1 Å². The van der Waals surface area contributed by atoms with Crippen LogP contribution in [0.15, 0.2) is 12.1 Å². The molecule has 1 rings (SSSR count). The van der Waals surface area contributed by atoms with Crippen molar-refractivity contribution in [2.24, 2.45) is 5.73 Å². The Balaban J connectivity index is 2.86. The number of nitrogens with two attached hydrogens (primary N) is 1. The molecule has 0 amide bonds.